The number of nitrogens with zero attached hydrogens (tertiary/aromatic N) is 1. The van der Waals surface area contributed by atoms with E-state index in [-0.39, 0.29) is 16.3 Å². The molecule has 8 nitrogen and oxygen atoms in total. The van der Waals surface area contributed by atoms with Crippen LogP contribution in [0.5, 0.6) is 11.5 Å². The van der Waals surface area contributed by atoms with Gasteiger partial charge in [-0.05, 0) is 18.2 Å². The van der Waals surface area contributed by atoms with Crippen molar-refractivity contribution in [1.82, 2.24) is 0 Å². The first-order chi connectivity index (χ1) is 11.4. The molecule has 0 radical (unpaired) electrons. The highest BCUT2D eigenvalue weighted by atomic mass is 35.5. The lowest BCUT2D eigenvalue weighted by atomic mass is 10.1. The van der Waals surface area contributed by atoms with Crippen LogP contribution in [-0.4, -0.2) is 30.2 Å². The topological polar surface area (TPSA) is 111 Å². The second-order valence-electron chi connectivity index (χ2n) is 4.61. The molecule has 0 saturated carbocycles. The van der Waals surface area contributed by atoms with Gasteiger partial charge in [0.1, 0.15) is 5.02 Å². The zero-order valence-corrected chi connectivity index (χ0v) is 13.5. The second kappa shape index (κ2) is 7.05. The molecule has 9 heteroatoms. The summed E-state index contributed by atoms with van der Waals surface area (Å²) in [6, 6.07) is 6.98. The van der Waals surface area contributed by atoms with Gasteiger partial charge in [0.2, 0.25) is 0 Å². The van der Waals surface area contributed by atoms with Crippen LogP contribution in [0.4, 0.5) is 17.1 Å². The Bertz CT molecular complexity index is 809. The summed E-state index contributed by atoms with van der Waals surface area (Å²) in [5, 5.41) is 22.9. The average molecular weight is 353 g/mol. The molecule has 2 aromatic carbocycles. The lowest BCUT2D eigenvalue weighted by molar-refractivity contribution is -0.384. The Balaban J connectivity index is 2.47. The van der Waals surface area contributed by atoms with Gasteiger partial charge in [0.05, 0.1) is 30.4 Å². The van der Waals surface area contributed by atoms with E-state index in [0.29, 0.717) is 17.2 Å². The number of aromatic carboxylic acids is 1. The number of methoxy groups -OCH3 is 2. The normalized spacial score (nSPS) is 10.1. The van der Waals surface area contributed by atoms with Crippen LogP contribution in [0.1, 0.15) is 10.4 Å². The number of anilines is 2. The largest absolute Gasteiger partial charge is 0.493 e. The third-order valence-corrected chi connectivity index (χ3v) is 3.48. The van der Waals surface area contributed by atoms with E-state index in [1.165, 1.54) is 20.3 Å². The number of carbonyl (C=O) groups is 1. The standard InChI is InChI=1S/C15H13ClN2O6/c1-23-13-4-3-8(5-14(13)24-2)17-11-7-10(16)12(18(21)22)6-9(11)15(19)20/h3-7,17H,1-2H3,(H,19,20). The van der Waals surface area contributed by atoms with Gasteiger partial charge in [0.15, 0.2) is 11.5 Å². The van der Waals surface area contributed by atoms with E-state index in [1.54, 1.807) is 18.2 Å². The van der Waals surface area contributed by atoms with E-state index >= 15 is 0 Å². The Morgan fingerprint density at radius 2 is 1.88 bits per heavy atom. The molecule has 24 heavy (non-hydrogen) atoms. The highest BCUT2D eigenvalue weighted by Crippen LogP contribution is 2.35. The summed E-state index contributed by atoms with van der Waals surface area (Å²) in [7, 11) is 2.96. The molecular formula is C15H13ClN2O6. The summed E-state index contributed by atoms with van der Waals surface area (Å²) in [5.41, 5.74) is -0.141. The average Bonchev–Trinajstić information content (AvgIpc) is 2.54. The Labute approximate surface area is 141 Å². The van der Waals surface area contributed by atoms with E-state index in [2.05, 4.69) is 5.32 Å². The number of ether oxygens (including phenoxy) is 2. The molecule has 0 heterocycles. The van der Waals surface area contributed by atoms with Gasteiger partial charge >= 0.3 is 5.97 Å². The predicted octanol–water partition coefficient (Wildman–Crippen LogP) is 3.71. The van der Waals surface area contributed by atoms with Gasteiger partial charge in [-0.3, -0.25) is 10.1 Å². The van der Waals surface area contributed by atoms with Gasteiger partial charge < -0.3 is 19.9 Å². The van der Waals surface area contributed by atoms with Crippen LogP contribution >= 0.6 is 11.6 Å². The number of rotatable bonds is 6. The molecule has 0 saturated heterocycles. The number of carboxylic acid groups (broad SMARTS) is 1. The smallest absolute Gasteiger partial charge is 0.338 e. The highest BCUT2D eigenvalue weighted by molar-refractivity contribution is 6.33. The maximum atomic E-state index is 11.4. The van der Waals surface area contributed by atoms with Crippen molar-refractivity contribution < 1.29 is 24.3 Å². The summed E-state index contributed by atoms with van der Waals surface area (Å²) in [5.74, 6) is -0.381. The molecule has 2 rings (SSSR count). The summed E-state index contributed by atoms with van der Waals surface area (Å²) in [4.78, 5) is 21.5. The van der Waals surface area contributed by atoms with Crippen LogP contribution in [-0.2, 0) is 0 Å². The summed E-state index contributed by atoms with van der Waals surface area (Å²) >= 11 is 5.85. The van der Waals surface area contributed by atoms with E-state index in [1.807, 2.05) is 0 Å². The summed E-state index contributed by atoms with van der Waals surface area (Å²) in [6.07, 6.45) is 0. The Morgan fingerprint density at radius 1 is 1.21 bits per heavy atom. The summed E-state index contributed by atoms with van der Waals surface area (Å²) in [6.45, 7) is 0. The zero-order valence-electron chi connectivity index (χ0n) is 12.7. The molecule has 2 N–H and O–H groups in total. The fourth-order valence-corrected chi connectivity index (χ4v) is 2.28. The first-order valence-corrected chi connectivity index (χ1v) is 6.95. The number of nitrogens with one attached hydrogen (secondary N) is 1. The molecule has 0 atom stereocenters. The van der Waals surface area contributed by atoms with Gasteiger partial charge in [-0.15, -0.1) is 0 Å². The Morgan fingerprint density at radius 3 is 2.42 bits per heavy atom. The minimum Gasteiger partial charge on any atom is -0.493 e. The van der Waals surface area contributed by atoms with Crippen molar-refractivity contribution in [2.24, 2.45) is 0 Å². The van der Waals surface area contributed by atoms with Crippen molar-refractivity contribution in [3.63, 3.8) is 0 Å². The molecule has 0 fully saturated rings. The maximum Gasteiger partial charge on any atom is 0.338 e. The van der Waals surface area contributed by atoms with Crippen LogP contribution in [0, 0.1) is 10.1 Å². The lowest BCUT2D eigenvalue weighted by Crippen LogP contribution is -2.05. The van der Waals surface area contributed by atoms with E-state index < -0.39 is 16.6 Å². The van der Waals surface area contributed by atoms with Crippen molar-refractivity contribution in [2.75, 3.05) is 19.5 Å². The SMILES string of the molecule is COc1ccc(Nc2cc(Cl)c([N+](=O)[O-])cc2C(=O)O)cc1OC. The van der Waals surface area contributed by atoms with Crippen molar-refractivity contribution in [2.45, 2.75) is 0 Å². The predicted molar refractivity (Wildman–Crippen MR) is 87.9 cm³/mol. The number of nitro groups is 1. The first-order valence-electron chi connectivity index (χ1n) is 6.57. The third kappa shape index (κ3) is 3.49. The number of hydrogen-bond acceptors (Lipinski definition) is 6. The Kier molecular flexibility index (Phi) is 5.10. The van der Waals surface area contributed by atoms with Crippen LogP contribution in [0.25, 0.3) is 0 Å². The van der Waals surface area contributed by atoms with Crippen LogP contribution in [0.2, 0.25) is 5.02 Å². The molecule has 0 aromatic heterocycles. The molecule has 0 spiro atoms. The summed E-state index contributed by atoms with van der Waals surface area (Å²) < 4.78 is 10.3. The molecule has 0 aliphatic heterocycles. The molecular weight excluding hydrogens is 340 g/mol. The molecule has 0 bridgehead atoms. The van der Waals surface area contributed by atoms with E-state index in [0.717, 1.165) is 6.07 Å². The molecule has 2 aromatic rings. The zero-order chi connectivity index (χ0) is 17.9. The van der Waals surface area contributed by atoms with Crippen molar-refractivity contribution >= 4 is 34.6 Å². The molecule has 126 valence electrons. The number of hydrogen-bond donors (Lipinski definition) is 2. The van der Waals surface area contributed by atoms with Crippen molar-refractivity contribution in [3.05, 3.63) is 51.0 Å². The minimum atomic E-state index is -1.32. The fraction of sp³-hybridized carbons (Fsp3) is 0.133. The van der Waals surface area contributed by atoms with Gasteiger partial charge in [-0.2, -0.15) is 0 Å². The van der Waals surface area contributed by atoms with Crippen molar-refractivity contribution in [3.8, 4) is 11.5 Å². The van der Waals surface area contributed by atoms with Crippen LogP contribution < -0.4 is 14.8 Å². The first kappa shape index (κ1) is 17.4. The lowest BCUT2D eigenvalue weighted by Gasteiger charge is -2.13. The highest BCUT2D eigenvalue weighted by Gasteiger charge is 2.21. The van der Waals surface area contributed by atoms with Gasteiger partial charge in [-0.1, -0.05) is 11.6 Å². The number of carboxylic acids is 1. The van der Waals surface area contributed by atoms with E-state index in [4.69, 9.17) is 21.1 Å². The van der Waals surface area contributed by atoms with Crippen LogP contribution in [0.3, 0.4) is 0 Å². The quantitative estimate of drug-likeness (QED) is 0.602. The monoisotopic (exact) mass is 352 g/mol. The second-order valence-corrected chi connectivity index (χ2v) is 5.01. The van der Waals surface area contributed by atoms with Gasteiger partial charge in [0.25, 0.3) is 5.69 Å². The molecule has 0 amide bonds. The minimum absolute atomic E-state index is 0.116. The molecule has 0 unspecified atom stereocenters. The number of halogens is 1. The van der Waals surface area contributed by atoms with Gasteiger partial charge in [-0.25, -0.2) is 4.79 Å². The van der Waals surface area contributed by atoms with Crippen LogP contribution in [0.15, 0.2) is 30.3 Å². The molecule has 0 aliphatic rings. The molecule has 0 aliphatic carbocycles. The maximum absolute atomic E-state index is 11.4. The number of nitro benzene ring substituents is 1. The fourth-order valence-electron chi connectivity index (χ4n) is 2.05. The van der Waals surface area contributed by atoms with E-state index in [9.17, 15) is 20.0 Å². The Hall–Kier alpha value is -3.00. The third-order valence-electron chi connectivity index (χ3n) is 3.18. The van der Waals surface area contributed by atoms with Gasteiger partial charge in [0, 0.05) is 17.8 Å². The van der Waals surface area contributed by atoms with Crippen molar-refractivity contribution in [1.29, 1.82) is 0 Å². The number of benzene rings is 2.